The van der Waals surface area contributed by atoms with E-state index in [-0.39, 0.29) is 0 Å². The van der Waals surface area contributed by atoms with Crippen LogP contribution in [-0.2, 0) is 8.85 Å². The SMILES string of the molecule is CC(CO[SiH](CS)OCC(C)c1ccccc1)c1ccccc1. The van der Waals surface area contributed by atoms with E-state index in [1.807, 2.05) is 12.1 Å². The fraction of sp³-hybridized carbons (Fsp3) is 0.368. The first kappa shape index (κ1) is 18.3. The number of hydrogen-bond acceptors (Lipinski definition) is 3. The van der Waals surface area contributed by atoms with E-state index >= 15 is 0 Å². The highest BCUT2D eigenvalue weighted by Gasteiger charge is 2.16. The van der Waals surface area contributed by atoms with Crippen molar-refractivity contribution in [1.82, 2.24) is 0 Å². The third kappa shape index (κ3) is 6.15. The van der Waals surface area contributed by atoms with Gasteiger partial charge in [0.15, 0.2) is 0 Å². The summed E-state index contributed by atoms with van der Waals surface area (Å²) in [6, 6.07) is 20.9. The fourth-order valence-electron chi connectivity index (χ4n) is 2.41. The second-order valence-corrected chi connectivity index (χ2v) is 8.89. The molecule has 0 heterocycles. The van der Waals surface area contributed by atoms with E-state index in [4.69, 9.17) is 8.85 Å². The van der Waals surface area contributed by atoms with E-state index in [0.29, 0.717) is 30.4 Å². The van der Waals surface area contributed by atoms with Crippen LogP contribution in [0.15, 0.2) is 60.7 Å². The largest absolute Gasteiger partial charge is 0.395 e. The summed E-state index contributed by atoms with van der Waals surface area (Å²) in [7, 11) is -1.71. The van der Waals surface area contributed by atoms with E-state index in [0.717, 1.165) is 0 Å². The van der Waals surface area contributed by atoms with Crippen LogP contribution < -0.4 is 0 Å². The van der Waals surface area contributed by atoms with E-state index in [1.54, 1.807) is 0 Å². The van der Waals surface area contributed by atoms with Gasteiger partial charge in [0.05, 0.1) is 0 Å². The Morgan fingerprint density at radius 1 is 0.783 bits per heavy atom. The molecule has 0 radical (unpaired) electrons. The second kappa shape index (κ2) is 9.93. The molecule has 2 aromatic carbocycles. The van der Waals surface area contributed by atoms with Crippen LogP contribution in [0, 0.1) is 0 Å². The van der Waals surface area contributed by atoms with Crippen LogP contribution >= 0.6 is 12.6 Å². The molecule has 0 aliphatic carbocycles. The average molecular weight is 347 g/mol. The maximum Gasteiger partial charge on any atom is 0.331 e. The molecule has 0 saturated carbocycles. The maximum atomic E-state index is 6.03. The number of rotatable bonds is 9. The molecule has 2 nitrogen and oxygen atoms in total. The molecule has 0 spiro atoms. The molecule has 0 fully saturated rings. The summed E-state index contributed by atoms with van der Waals surface area (Å²) in [6.45, 7) is 5.76. The molecule has 23 heavy (non-hydrogen) atoms. The van der Waals surface area contributed by atoms with Crippen molar-refractivity contribution in [2.24, 2.45) is 0 Å². The lowest BCUT2D eigenvalue weighted by molar-refractivity contribution is 0.185. The minimum Gasteiger partial charge on any atom is -0.395 e. The molecule has 0 amide bonds. The monoisotopic (exact) mass is 346 g/mol. The van der Waals surface area contributed by atoms with Crippen LogP contribution in [0.25, 0.3) is 0 Å². The Bertz CT molecular complexity index is 500. The standard InChI is InChI=1S/C19H26O2SSi/c1-16(18-9-5-3-6-10-18)13-20-23(15-22)21-14-17(2)19-11-7-4-8-12-19/h3-12,16-17,22-23H,13-15H2,1-2H3. The third-order valence-corrected chi connectivity index (χ3v) is 6.27. The van der Waals surface area contributed by atoms with Crippen LogP contribution in [0.1, 0.15) is 36.8 Å². The van der Waals surface area contributed by atoms with Crippen molar-refractivity contribution < 1.29 is 8.85 Å². The molecule has 0 N–H and O–H groups in total. The highest BCUT2D eigenvalue weighted by Crippen LogP contribution is 2.17. The molecule has 2 aromatic rings. The number of hydrogen-bond donors (Lipinski definition) is 1. The van der Waals surface area contributed by atoms with Gasteiger partial charge in [0, 0.05) is 30.4 Å². The first-order valence-corrected chi connectivity index (χ1v) is 10.5. The molecule has 0 saturated heterocycles. The lowest BCUT2D eigenvalue weighted by atomic mass is 10.0. The normalized spacial score (nSPS) is 15.1. The molecule has 2 unspecified atom stereocenters. The van der Waals surface area contributed by atoms with Crippen molar-refractivity contribution >= 4 is 21.9 Å². The first-order chi connectivity index (χ1) is 11.2. The predicted octanol–water partition coefficient (Wildman–Crippen LogP) is 4.32. The Kier molecular flexibility index (Phi) is 7.89. The summed E-state index contributed by atoms with van der Waals surface area (Å²) < 4.78 is 12.1. The summed E-state index contributed by atoms with van der Waals surface area (Å²) in [6.07, 6.45) is 0. The molecule has 0 aliphatic heterocycles. The molecular formula is C19H26O2SSi. The Morgan fingerprint density at radius 2 is 1.17 bits per heavy atom. The smallest absolute Gasteiger partial charge is 0.331 e. The minimum atomic E-state index is -1.71. The van der Waals surface area contributed by atoms with Crippen molar-refractivity contribution in [3.8, 4) is 0 Å². The van der Waals surface area contributed by atoms with Crippen LogP contribution in [0.2, 0.25) is 0 Å². The fourth-order valence-corrected chi connectivity index (χ4v) is 4.36. The van der Waals surface area contributed by atoms with Crippen molar-refractivity contribution in [3.63, 3.8) is 0 Å². The van der Waals surface area contributed by atoms with E-state index in [1.165, 1.54) is 11.1 Å². The second-order valence-electron chi connectivity index (χ2n) is 5.90. The van der Waals surface area contributed by atoms with E-state index in [9.17, 15) is 0 Å². The highest BCUT2D eigenvalue weighted by atomic mass is 32.1. The molecule has 0 aliphatic rings. The average Bonchev–Trinajstić information content (AvgIpc) is 2.62. The summed E-state index contributed by atoms with van der Waals surface area (Å²) in [4.78, 5) is 0. The van der Waals surface area contributed by atoms with Gasteiger partial charge in [-0.15, -0.1) is 0 Å². The maximum absolute atomic E-state index is 6.03. The summed E-state index contributed by atoms with van der Waals surface area (Å²) in [5, 5.41) is 0.697. The number of thiol groups is 1. The molecule has 4 heteroatoms. The van der Waals surface area contributed by atoms with Crippen molar-refractivity contribution in [2.75, 3.05) is 18.6 Å². The zero-order valence-corrected chi connectivity index (χ0v) is 15.9. The zero-order valence-electron chi connectivity index (χ0n) is 13.9. The van der Waals surface area contributed by atoms with Gasteiger partial charge in [-0.2, -0.15) is 12.6 Å². The van der Waals surface area contributed by atoms with Gasteiger partial charge >= 0.3 is 9.28 Å². The van der Waals surface area contributed by atoms with Gasteiger partial charge in [-0.25, -0.2) is 0 Å². The van der Waals surface area contributed by atoms with Crippen molar-refractivity contribution in [1.29, 1.82) is 0 Å². The Hall–Kier alpha value is -1.07. The van der Waals surface area contributed by atoms with E-state index in [2.05, 4.69) is 75.0 Å². The topological polar surface area (TPSA) is 18.5 Å². The lowest BCUT2D eigenvalue weighted by Gasteiger charge is -2.20. The van der Waals surface area contributed by atoms with E-state index < -0.39 is 9.28 Å². The van der Waals surface area contributed by atoms with Gasteiger partial charge in [-0.05, 0) is 11.1 Å². The van der Waals surface area contributed by atoms with Gasteiger partial charge in [0.1, 0.15) is 0 Å². The summed E-state index contributed by atoms with van der Waals surface area (Å²) in [5.74, 6) is 0.752. The molecule has 124 valence electrons. The van der Waals surface area contributed by atoms with Crippen LogP contribution in [0.5, 0.6) is 0 Å². The first-order valence-electron chi connectivity index (χ1n) is 8.14. The quantitative estimate of drug-likeness (QED) is 0.538. The van der Waals surface area contributed by atoms with Crippen LogP contribution in [0.4, 0.5) is 0 Å². The molecule has 0 bridgehead atoms. The predicted molar refractivity (Wildman–Crippen MR) is 103 cm³/mol. The Balaban J connectivity index is 1.77. The minimum absolute atomic E-state index is 0.376. The van der Waals surface area contributed by atoms with Crippen molar-refractivity contribution in [2.45, 2.75) is 25.7 Å². The number of benzene rings is 2. The Morgan fingerprint density at radius 3 is 1.52 bits per heavy atom. The lowest BCUT2D eigenvalue weighted by Crippen LogP contribution is -2.29. The molecule has 2 rings (SSSR count). The van der Waals surface area contributed by atoms with Gasteiger partial charge in [-0.1, -0.05) is 74.5 Å². The van der Waals surface area contributed by atoms with Gasteiger partial charge in [-0.3, -0.25) is 0 Å². The van der Waals surface area contributed by atoms with Crippen molar-refractivity contribution in [3.05, 3.63) is 71.8 Å². The summed E-state index contributed by atoms with van der Waals surface area (Å²) in [5.41, 5.74) is 2.61. The Labute approximate surface area is 147 Å². The molecule has 2 atom stereocenters. The molecular weight excluding hydrogens is 320 g/mol. The molecule has 0 aromatic heterocycles. The van der Waals surface area contributed by atoms with Gasteiger partial charge < -0.3 is 8.85 Å². The van der Waals surface area contributed by atoms with Gasteiger partial charge in [0.2, 0.25) is 0 Å². The van der Waals surface area contributed by atoms with Crippen LogP contribution in [0.3, 0.4) is 0 Å². The summed E-state index contributed by atoms with van der Waals surface area (Å²) >= 11 is 4.41. The van der Waals surface area contributed by atoms with Crippen LogP contribution in [-0.4, -0.2) is 27.9 Å². The van der Waals surface area contributed by atoms with Gasteiger partial charge in [0.25, 0.3) is 0 Å². The zero-order chi connectivity index (χ0) is 16.5. The highest BCUT2D eigenvalue weighted by molar-refractivity contribution is 7.81. The third-order valence-electron chi connectivity index (χ3n) is 3.95.